The summed E-state index contributed by atoms with van der Waals surface area (Å²) in [7, 11) is 2.17. The van der Waals surface area contributed by atoms with E-state index in [1.165, 1.54) is 5.69 Å². The number of nitrogens with two attached hydrogens (primary N) is 1. The average Bonchev–Trinajstić information content (AvgIpc) is 2.86. The molecule has 0 unspecified atom stereocenters. The van der Waals surface area contributed by atoms with Gasteiger partial charge in [-0.15, -0.1) is 0 Å². The molecule has 0 spiro atoms. The zero-order chi connectivity index (χ0) is 13.2. The van der Waals surface area contributed by atoms with E-state index in [0.717, 1.165) is 37.4 Å². The molecule has 100 valence electrons. The summed E-state index contributed by atoms with van der Waals surface area (Å²) in [5, 5.41) is 7.02. The largest absolute Gasteiger partial charge is 0.382 e. The fourth-order valence-electron chi connectivity index (χ4n) is 2.50. The molecule has 2 heterocycles. The van der Waals surface area contributed by atoms with Crippen LogP contribution in [0.5, 0.6) is 0 Å². The van der Waals surface area contributed by atoms with Crippen molar-refractivity contribution in [2.75, 3.05) is 43.9 Å². The van der Waals surface area contributed by atoms with Gasteiger partial charge in [-0.1, -0.05) is 18.2 Å². The highest BCUT2D eigenvalue weighted by atomic mass is 15.2. The maximum atomic E-state index is 5.70. The molecule has 0 atom stereocenters. The summed E-state index contributed by atoms with van der Waals surface area (Å²) >= 11 is 0. The summed E-state index contributed by atoms with van der Waals surface area (Å²) in [5.74, 6) is 0.531. The lowest BCUT2D eigenvalue weighted by Gasteiger charge is -2.35. The molecule has 0 amide bonds. The zero-order valence-electron chi connectivity index (χ0n) is 11.1. The van der Waals surface area contributed by atoms with Crippen LogP contribution in [0.2, 0.25) is 0 Å². The smallest absolute Gasteiger partial charge is 0.145 e. The van der Waals surface area contributed by atoms with Crippen LogP contribution in [0.1, 0.15) is 0 Å². The van der Waals surface area contributed by atoms with Crippen LogP contribution in [-0.2, 0) is 0 Å². The molecule has 0 bridgehead atoms. The summed E-state index contributed by atoms with van der Waals surface area (Å²) in [4.78, 5) is 4.78. The molecular formula is C14H19N5. The first kappa shape index (κ1) is 12.0. The van der Waals surface area contributed by atoms with Crippen LogP contribution in [0.3, 0.4) is 0 Å². The van der Waals surface area contributed by atoms with Gasteiger partial charge in [-0.25, -0.2) is 0 Å². The van der Waals surface area contributed by atoms with E-state index in [4.69, 9.17) is 5.73 Å². The number of hydrogen-bond donors (Lipinski definition) is 2. The molecule has 0 aliphatic carbocycles. The van der Waals surface area contributed by atoms with Crippen LogP contribution in [0.4, 0.5) is 11.5 Å². The standard InChI is InChI=1S/C14H19N5/c1-18-6-8-19(9-7-18)13-5-3-2-4-11(13)12-10-14(15)17-16-12/h2-5,10H,6-9H2,1H3,(H3,15,16,17). The van der Waals surface area contributed by atoms with Crippen molar-refractivity contribution in [3.05, 3.63) is 30.3 Å². The van der Waals surface area contributed by atoms with Gasteiger partial charge >= 0.3 is 0 Å². The number of piperazine rings is 1. The molecule has 1 aliphatic heterocycles. The van der Waals surface area contributed by atoms with Crippen molar-refractivity contribution in [3.8, 4) is 11.3 Å². The fourth-order valence-corrected chi connectivity index (χ4v) is 2.50. The average molecular weight is 257 g/mol. The quantitative estimate of drug-likeness (QED) is 0.854. The molecule has 1 aliphatic rings. The Labute approximate surface area is 113 Å². The lowest BCUT2D eigenvalue weighted by atomic mass is 10.1. The van der Waals surface area contributed by atoms with Gasteiger partial charge in [-0.2, -0.15) is 5.10 Å². The van der Waals surface area contributed by atoms with E-state index in [9.17, 15) is 0 Å². The molecular weight excluding hydrogens is 238 g/mol. The van der Waals surface area contributed by atoms with Gasteiger partial charge in [-0.3, -0.25) is 5.10 Å². The summed E-state index contributed by atoms with van der Waals surface area (Å²) in [5.41, 5.74) is 9.09. The number of aromatic amines is 1. The number of nitrogen functional groups attached to an aromatic ring is 1. The van der Waals surface area contributed by atoms with Crippen LogP contribution < -0.4 is 10.6 Å². The number of nitrogens with one attached hydrogen (secondary N) is 1. The third-order valence-corrected chi connectivity index (χ3v) is 3.64. The predicted molar refractivity (Wildman–Crippen MR) is 78.1 cm³/mol. The van der Waals surface area contributed by atoms with Crippen LogP contribution >= 0.6 is 0 Å². The Morgan fingerprint density at radius 3 is 2.58 bits per heavy atom. The molecule has 1 aromatic heterocycles. The topological polar surface area (TPSA) is 61.2 Å². The first-order valence-corrected chi connectivity index (χ1v) is 6.58. The van der Waals surface area contributed by atoms with Crippen molar-refractivity contribution in [1.82, 2.24) is 15.1 Å². The normalized spacial score (nSPS) is 16.8. The van der Waals surface area contributed by atoms with Crippen LogP contribution in [0.15, 0.2) is 30.3 Å². The highest BCUT2D eigenvalue weighted by Crippen LogP contribution is 2.30. The van der Waals surface area contributed by atoms with Gasteiger partial charge in [0.25, 0.3) is 0 Å². The van der Waals surface area contributed by atoms with Gasteiger partial charge in [0.05, 0.1) is 5.69 Å². The molecule has 5 nitrogen and oxygen atoms in total. The molecule has 0 saturated carbocycles. The summed E-state index contributed by atoms with van der Waals surface area (Å²) in [6.45, 7) is 4.30. The number of aromatic nitrogens is 2. The van der Waals surface area contributed by atoms with Gasteiger partial charge < -0.3 is 15.5 Å². The third-order valence-electron chi connectivity index (χ3n) is 3.64. The zero-order valence-corrected chi connectivity index (χ0v) is 11.1. The van der Waals surface area contributed by atoms with Crippen LogP contribution in [0.25, 0.3) is 11.3 Å². The second-order valence-electron chi connectivity index (χ2n) is 5.01. The Morgan fingerprint density at radius 1 is 1.16 bits per heavy atom. The second kappa shape index (κ2) is 4.93. The van der Waals surface area contributed by atoms with E-state index in [0.29, 0.717) is 5.82 Å². The Morgan fingerprint density at radius 2 is 1.89 bits per heavy atom. The molecule has 1 aromatic carbocycles. The highest BCUT2D eigenvalue weighted by molar-refractivity contribution is 5.77. The number of benzene rings is 1. The summed E-state index contributed by atoms with van der Waals surface area (Å²) in [6, 6.07) is 10.3. The van der Waals surface area contributed by atoms with Crippen molar-refractivity contribution in [2.24, 2.45) is 0 Å². The van der Waals surface area contributed by atoms with Gasteiger partial charge in [0.2, 0.25) is 0 Å². The van der Waals surface area contributed by atoms with E-state index in [2.05, 4.69) is 45.2 Å². The first-order valence-electron chi connectivity index (χ1n) is 6.58. The first-order chi connectivity index (χ1) is 9.24. The van der Waals surface area contributed by atoms with Gasteiger partial charge in [0.15, 0.2) is 0 Å². The minimum atomic E-state index is 0.531. The number of anilines is 2. The van der Waals surface area contributed by atoms with Crippen LogP contribution in [-0.4, -0.2) is 48.3 Å². The van der Waals surface area contributed by atoms with E-state index in [-0.39, 0.29) is 0 Å². The summed E-state index contributed by atoms with van der Waals surface area (Å²) < 4.78 is 0. The fraction of sp³-hybridized carbons (Fsp3) is 0.357. The number of H-pyrrole nitrogens is 1. The van der Waals surface area contributed by atoms with Crippen molar-refractivity contribution >= 4 is 11.5 Å². The second-order valence-corrected chi connectivity index (χ2v) is 5.01. The Bertz CT molecular complexity index is 554. The highest BCUT2D eigenvalue weighted by Gasteiger charge is 2.17. The van der Waals surface area contributed by atoms with E-state index >= 15 is 0 Å². The number of rotatable bonds is 2. The monoisotopic (exact) mass is 257 g/mol. The number of likely N-dealkylation sites (N-methyl/N-ethyl adjacent to an activating group) is 1. The van der Waals surface area contributed by atoms with Gasteiger partial charge in [-0.05, 0) is 13.1 Å². The Hall–Kier alpha value is -2.01. The molecule has 3 rings (SSSR count). The van der Waals surface area contributed by atoms with E-state index < -0.39 is 0 Å². The van der Waals surface area contributed by atoms with Crippen molar-refractivity contribution in [1.29, 1.82) is 0 Å². The molecule has 2 aromatic rings. The van der Waals surface area contributed by atoms with Crippen LogP contribution in [0, 0.1) is 0 Å². The van der Waals surface area contributed by atoms with Crippen molar-refractivity contribution < 1.29 is 0 Å². The van der Waals surface area contributed by atoms with Crippen molar-refractivity contribution in [3.63, 3.8) is 0 Å². The SMILES string of the molecule is CN1CCN(c2ccccc2-c2cc(N)n[nH]2)CC1. The van der Waals surface area contributed by atoms with Gasteiger partial charge in [0, 0.05) is 43.5 Å². The molecule has 5 heteroatoms. The maximum Gasteiger partial charge on any atom is 0.145 e. The number of hydrogen-bond acceptors (Lipinski definition) is 4. The molecule has 0 radical (unpaired) electrons. The lowest BCUT2D eigenvalue weighted by Crippen LogP contribution is -2.44. The summed E-state index contributed by atoms with van der Waals surface area (Å²) in [6.07, 6.45) is 0. The maximum absolute atomic E-state index is 5.70. The predicted octanol–water partition coefficient (Wildman–Crippen LogP) is 1.41. The van der Waals surface area contributed by atoms with Crippen molar-refractivity contribution in [2.45, 2.75) is 0 Å². The third kappa shape index (κ3) is 2.42. The van der Waals surface area contributed by atoms with Gasteiger partial charge in [0.1, 0.15) is 5.82 Å². The van der Waals surface area contributed by atoms with E-state index in [1.54, 1.807) is 0 Å². The minimum Gasteiger partial charge on any atom is -0.382 e. The molecule has 3 N–H and O–H groups in total. The molecule has 1 saturated heterocycles. The number of para-hydroxylation sites is 1. The molecule has 19 heavy (non-hydrogen) atoms. The lowest BCUT2D eigenvalue weighted by molar-refractivity contribution is 0.313. The molecule has 1 fully saturated rings. The number of nitrogens with zero attached hydrogens (tertiary/aromatic N) is 3. The Balaban J connectivity index is 1.93. The minimum absolute atomic E-state index is 0.531. The van der Waals surface area contributed by atoms with E-state index in [1.807, 2.05) is 12.1 Å². The Kier molecular flexibility index (Phi) is 3.13.